The van der Waals surface area contributed by atoms with Gasteiger partial charge in [0.05, 0.1) is 12.5 Å². The van der Waals surface area contributed by atoms with Crippen LogP contribution in [0.3, 0.4) is 0 Å². The normalized spacial score (nSPS) is 20.8. The van der Waals surface area contributed by atoms with Crippen molar-refractivity contribution in [2.45, 2.75) is 44.6 Å². The number of halogens is 1. The lowest BCUT2D eigenvalue weighted by molar-refractivity contribution is -0.127. The first kappa shape index (κ1) is 23.7. The minimum atomic E-state index is -0.213. The van der Waals surface area contributed by atoms with Gasteiger partial charge in [0.25, 0.3) is 0 Å². The van der Waals surface area contributed by atoms with Crippen molar-refractivity contribution in [1.82, 2.24) is 10.2 Å². The SMILES string of the molecule is CCOc1ccc(C2(CNC(=O)C3CCCN(Cc4cccc(F)c4)C3)CCOCC2)cc1. The minimum absolute atomic E-state index is 0.0375. The fraction of sp³-hybridized carbons (Fsp3) is 0.519. The van der Waals surface area contributed by atoms with E-state index < -0.39 is 0 Å². The Bertz CT molecular complexity index is 912. The third kappa shape index (κ3) is 6.12. The van der Waals surface area contributed by atoms with Crippen LogP contribution in [-0.4, -0.2) is 50.3 Å². The van der Waals surface area contributed by atoms with Crippen molar-refractivity contribution in [3.63, 3.8) is 0 Å². The molecule has 2 heterocycles. The summed E-state index contributed by atoms with van der Waals surface area (Å²) in [4.78, 5) is 15.4. The number of nitrogens with zero attached hydrogens (tertiary/aromatic N) is 1. The number of benzene rings is 2. The number of hydrogen-bond donors (Lipinski definition) is 1. The van der Waals surface area contributed by atoms with E-state index in [1.807, 2.05) is 25.1 Å². The van der Waals surface area contributed by atoms with Crippen LogP contribution in [0.15, 0.2) is 48.5 Å². The number of rotatable bonds is 8. The molecule has 0 radical (unpaired) electrons. The highest BCUT2D eigenvalue weighted by molar-refractivity contribution is 5.79. The highest BCUT2D eigenvalue weighted by atomic mass is 19.1. The maximum Gasteiger partial charge on any atom is 0.224 e. The van der Waals surface area contributed by atoms with Gasteiger partial charge >= 0.3 is 0 Å². The summed E-state index contributed by atoms with van der Waals surface area (Å²) in [6, 6.07) is 15.0. The smallest absolute Gasteiger partial charge is 0.224 e. The molecular formula is C27H35FN2O3. The summed E-state index contributed by atoms with van der Waals surface area (Å²) < 4.78 is 24.8. The first-order chi connectivity index (χ1) is 16.1. The molecule has 2 aromatic rings. The van der Waals surface area contributed by atoms with Crippen LogP contribution in [0.4, 0.5) is 4.39 Å². The van der Waals surface area contributed by atoms with Gasteiger partial charge in [-0.15, -0.1) is 0 Å². The van der Waals surface area contributed by atoms with Gasteiger partial charge in [-0.3, -0.25) is 9.69 Å². The van der Waals surface area contributed by atoms with Crippen molar-refractivity contribution >= 4 is 5.91 Å². The molecule has 2 fully saturated rings. The molecule has 33 heavy (non-hydrogen) atoms. The number of piperidine rings is 1. The predicted molar refractivity (Wildman–Crippen MR) is 127 cm³/mol. The number of ether oxygens (including phenoxy) is 2. The third-order valence-corrected chi connectivity index (χ3v) is 7.00. The number of carbonyl (C=O) groups excluding carboxylic acids is 1. The Balaban J connectivity index is 1.37. The van der Waals surface area contributed by atoms with Gasteiger partial charge < -0.3 is 14.8 Å². The Labute approximate surface area is 196 Å². The Hall–Kier alpha value is -2.44. The highest BCUT2D eigenvalue weighted by Gasteiger charge is 2.36. The van der Waals surface area contributed by atoms with Gasteiger partial charge in [0, 0.05) is 38.3 Å². The quantitative estimate of drug-likeness (QED) is 0.646. The van der Waals surface area contributed by atoms with Gasteiger partial charge in [0.15, 0.2) is 0 Å². The topological polar surface area (TPSA) is 50.8 Å². The third-order valence-electron chi connectivity index (χ3n) is 7.00. The van der Waals surface area contributed by atoms with Gasteiger partial charge in [-0.1, -0.05) is 24.3 Å². The Kier molecular flexibility index (Phi) is 7.99. The maximum absolute atomic E-state index is 13.5. The van der Waals surface area contributed by atoms with E-state index in [1.165, 1.54) is 11.6 Å². The lowest BCUT2D eigenvalue weighted by atomic mass is 9.74. The van der Waals surface area contributed by atoms with Crippen LogP contribution in [0.1, 0.15) is 43.7 Å². The standard InChI is InChI=1S/C27H35FN2O3/c1-2-33-25-10-8-23(9-11-25)27(12-15-32-16-13-27)20-29-26(31)22-6-4-14-30(19-22)18-21-5-3-7-24(28)17-21/h3,5,7-11,17,22H,2,4,6,12-16,18-20H2,1H3,(H,29,31). The van der Waals surface area contributed by atoms with Crippen molar-refractivity contribution in [3.05, 3.63) is 65.5 Å². The van der Waals surface area contributed by atoms with Crippen LogP contribution in [0.2, 0.25) is 0 Å². The molecule has 2 aliphatic rings. The largest absolute Gasteiger partial charge is 0.494 e. The van der Waals surface area contributed by atoms with Crippen LogP contribution < -0.4 is 10.1 Å². The highest BCUT2D eigenvalue weighted by Crippen LogP contribution is 2.35. The first-order valence-electron chi connectivity index (χ1n) is 12.1. The number of nitrogens with one attached hydrogen (secondary N) is 1. The fourth-order valence-electron chi connectivity index (χ4n) is 5.11. The molecule has 2 aliphatic heterocycles. The van der Waals surface area contributed by atoms with Crippen molar-refractivity contribution in [3.8, 4) is 5.75 Å². The summed E-state index contributed by atoms with van der Waals surface area (Å²) >= 11 is 0. The summed E-state index contributed by atoms with van der Waals surface area (Å²) in [5, 5.41) is 3.28. The van der Waals surface area contributed by atoms with Gasteiger partial charge in [0.1, 0.15) is 11.6 Å². The molecule has 5 nitrogen and oxygen atoms in total. The summed E-state index contributed by atoms with van der Waals surface area (Å²) in [6.45, 7) is 6.97. The molecule has 2 saturated heterocycles. The molecule has 1 N–H and O–H groups in total. The Morgan fingerprint density at radius 3 is 2.73 bits per heavy atom. The molecule has 0 aliphatic carbocycles. The molecular weight excluding hydrogens is 419 g/mol. The number of hydrogen-bond acceptors (Lipinski definition) is 4. The molecule has 0 spiro atoms. The Morgan fingerprint density at radius 1 is 1.21 bits per heavy atom. The lowest BCUT2D eigenvalue weighted by Gasteiger charge is -2.39. The van der Waals surface area contributed by atoms with E-state index >= 15 is 0 Å². The molecule has 1 unspecified atom stereocenters. The molecule has 1 amide bonds. The second-order valence-electron chi connectivity index (χ2n) is 9.27. The van der Waals surface area contributed by atoms with E-state index in [4.69, 9.17) is 9.47 Å². The van der Waals surface area contributed by atoms with Crippen molar-refractivity contribution in [2.75, 3.05) is 39.5 Å². The zero-order valence-electron chi connectivity index (χ0n) is 19.5. The van der Waals surface area contributed by atoms with Crippen molar-refractivity contribution in [1.29, 1.82) is 0 Å². The molecule has 4 rings (SSSR count). The number of carbonyl (C=O) groups is 1. The average Bonchev–Trinajstić information content (AvgIpc) is 2.84. The summed E-state index contributed by atoms with van der Waals surface area (Å²) in [7, 11) is 0. The van der Waals surface area contributed by atoms with Crippen molar-refractivity contribution in [2.24, 2.45) is 5.92 Å². The minimum Gasteiger partial charge on any atom is -0.494 e. The van der Waals surface area contributed by atoms with E-state index in [0.29, 0.717) is 39.5 Å². The molecule has 2 aromatic carbocycles. The first-order valence-corrected chi connectivity index (χ1v) is 12.1. The van der Waals surface area contributed by atoms with Gasteiger partial charge in [-0.05, 0) is 74.5 Å². The van der Waals surface area contributed by atoms with Crippen LogP contribution in [0.5, 0.6) is 5.75 Å². The van der Waals surface area contributed by atoms with Gasteiger partial charge in [-0.2, -0.15) is 0 Å². The zero-order chi connectivity index (χ0) is 23.1. The molecule has 0 aromatic heterocycles. The number of amides is 1. The summed E-state index contributed by atoms with van der Waals surface area (Å²) in [6.07, 6.45) is 3.64. The van der Waals surface area contributed by atoms with E-state index in [0.717, 1.165) is 43.5 Å². The fourth-order valence-corrected chi connectivity index (χ4v) is 5.11. The van der Waals surface area contributed by atoms with Crippen LogP contribution in [0.25, 0.3) is 0 Å². The molecule has 0 bridgehead atoms. The van der Waals surface area contributed by atoms with Crippen LogP contribution in [0, 0.1) is 11.7 Å². The molecule has 178 valence electrons. The summed E-state index contributed by atoms with van der Waals surface area (Å²) in [5.41, 5.74) is 2.06. The van der Waals surface area contributed by atoms with Gasteiger partial charge in [-0.25, -0.2) is 4.39 Å². The van der Waals surface area contributed by atoms with Crippen LogP contribution in [-0.2, 0) is 21.5 Å². The van der Waals surface area contributed by atoms with Crippen molar-refractivity contribution < 1.29 is 18.7 Å². The van der Waals surface area contributed by atoms with Crippen LogP contribution >= 0.6 is 0 Å². The molecule has 6 heteroatoms. The monoisotopic (exact) mass is 454 g/mol. The lowest BCUT2D eigenvalue weighted by Crippen LogP contribution is -2.48. The van der Waals surface area contributed by atoms with E-state index in [1.54, 1.807) is 12.1 Å². The maximum atomic E-state index is 13.5. The number of likely N-dealkylation sites (tertiary alicyclic amines) is 1. The van der Waals surface area contributed by atoms with E-state index in [2.05, 4.69) is 22.3 Å². The molecule has 1 atom stereocenters. The van der Waals surface area contributed by atoms with E-state index in [9.17, 15) is 9.18 Å². The summed E-state index contributed by atoms with van der Waals surface area (Å²) in [5.74, 6) is 0.739. The van der Waals surface area contributed by atoms with E-state index in [-0.39, 0.29) is 23.1 Å². The van der Waals surface area contributed by atoms with Gasteiger partial charge in [0.2, 0.25) is 5.91 Å². The zero-order valence-corrected chi connectivity index (χ0v) is 19.5. The second-order valence-corrected chi connectivity index (χ2v) is 9.27. The molecule has 0 saturated carbocycles. The predicted octanol–water partition coefficient (Wildman–Crippen LogP) is 4.30. The average molecular weight is 455 g/mol. The second kappa shape index (κ2) is 11.1. The Morgan fingerprint density at radius 2 is 2.00 bits per heavy atom.